The van der Waals surface area contributed by atoms with Crippen molar-refractivity contribution >= 4 is 35.8 Å². The molecule has 160 valence electrons. The Bertz CT molecular complexity index is 647. The number of nitrogens with one attached hydrogen (secondary N) is 3. The lowest BCUT2D eigenvalue weighted by Gasteiger charge is -2.24. The van der Waals surface area contributed by atoms with Gasteiger partial charge >= 0.3 is 0 Å². The maximum absolute atomic E-state index is 12.0. The molecule has 1 aromatic rings. The Labute approximate surface area is 187 Å². The molecule has 1 aromatic carbocycles. The van der Waals surface area contributed by atoms with E-state index in [-0.39, 0.29) is 36.0 Å². The molecule has 1 amide bonds. The summed E-state index contributed by atoms with van der Waals surface area (Å²) in [6, 6.07) is 6.20. The van der Waals surface area contributed by atoms with Crippen LogP contribution in [0, 0.1) is 12.3 Å². The standard InChI is InChI=1S/C21H36N4O2.HI/c1-8-16(4)27-18-12-15(3)10-11-17(18)13-24-20(23-9-2)25-14-21(5,6)19(26)22-7;/h10-12,16H,8-9,13-14H2,1-7H3,(H,22,26)(H2,23,24,25);1H. The number of guanidine groups is 1. The summed E-state index contributed by atoms with van der Waals surface area (Å²) in [6.45, 7) is 13.8. The van der Waals surface area contributed by atoms with Gasteiger partial charge in [0.05, 0.1) is 18.1 Å². The number of hydrogen-bond acceptors (Lipinski definition) is 3. The molecule has 0 aliphatic carbocycles. The molecule has 1 unspecified atom stereocenters. The van der Waals surface area contributed by atoms with E-state index in [0.717, 1.165) is 24.3 Å². The molecule has 0 saturated heterocycles. The smallest absolute Gasteiger partial charge is 0.227 e. The van der Waals surface area contributed by atoms with Crippen molar-refractivity contribution in [2.24, 2.45) is 10.4 Å². The average Bonchev–Trinajstić information content (AvgIpc) is 2.64. The minimum absolute atomic E-state index is 0. The zero-order valence-electron chi connectivity index (χ0n) is 18.3. The van der Waals surface area contributed by atoms with Gasteiger partial charge in [-0.25, -0.2) is 4.99 Å². The Morgan fingerprint density at radius 3 is 2.50 bits per heavy atom. The van der Waals surface area contributed by atoms with Gasteiger partial charge in [0.2, 0.25) is 5.91 Å². The number of ether oxygens (including phenoxy) is 1. The van der Waals surface area contributed by atoms with Crippen LogP contribution in [0.25, 0.3) is 0 Å². The summed E-state index contributed by atoms with van der Waals surface area (Å²) in [7, 11) is 1.65. The summed E-state index contributed by atoms with van der Waals surface area (Å²) in [5.41, 5.74) is 1.68. The Balaban J connectivity index is 0.00000729. The number of aliphatic imine (C=N–C) groups is 1. The fourth-order valence-corrected chi connectivity index (χ4v) is 2.43. The van der Waals surface area contributed by atoms with Crippen LogP contribution in [0.15, 0.2) is 23.2 Å². The van der Waals surface area contributed by atoms with Crippen molar-refractivity contribution in [1.82, 2.24) is 16.0 Å². The Morgan fingerprint density at radius 2 is 1.93 bits per heavy atom. The molecule has 1 rings (SSSR count). The molecule has 0 aromatic heterocycles. The highest BCUT2D eigenvalue weighted by Gasteiger charge is 2.26. The van der Waals surface area contributed by atoms with E-state index in [2.05, 4.69) is 59.9 Å². The van der Waals surface area contributed by atoms with Crippen LogP contribution in [-0.2, 0) is 11.3 Å². The molecule has 0 bridgehead atoms. The number of aryl methyl sites for hydroxylation is 1. The van der Waals surface area contributed by atoms with Gasteiger partial charge in [-0.15, -0.1) is 24.0 Å². The molecule has 0 heterocycles. The molecule has 28 heavy (non-hydrogen) atoms. The molecule has 0 aliphatic rings. The average molecular weight is 504 g/mol. The van der Waals surface area contributed by atoms with E-state index < -0.39 is 5.41 Å². The van der Waals surface area contributed by atoms with E-state index >= 15 is 0 Å². The largest absolute Gasteiger partial charge is 0.490 e. The van der Waals surface area contributed by atoms with E-state index in [4.69, 9.17) is 4.74 Å². The van der Waals surface area contributed by atoms with Gasteiger partial charge in [0.1, 0.15) is 5.75 Å². The highest BCUT2D eigenvalue weighted by atomic mass is 127. The zero-order valence-corrected chi connectivity index (χ0v) is 20.6. The van der Waals surface area contributed by atoms with E-state index in [1.54, 1.807) is 7.05 Å². The number of rotatable bonds is 9. The number of nitrogens with zero attached hydrogens (tertiary/aromatic N) is 1. The molecule has 0 fully saturated rings. The Morgan fingerprint density at radius 1 is 1.25 bits per heavy atom. The fourth-order valence-electron chi connectivity index (χ4n) is 2.43. The lowest BCUT2D eigenvalue weighted by atomic mass is 9.92. The summed E-state index contributed by atoms with van der Waals surface area (Å²) in [6.07, 6.45) is 1.12. The molecule has 3 N–H and O–H groups in total. The molecule has 0 saturated carbocycles. The summed E-state index contributed by atoms with van der Waals surface area (Å²) in [4.78, 5) is 16.6. The Hall–Kier alpha value is -1.51. The van der Waals surface area contributed by atoms with Gasteiger partial charge in [0.25, 0.3) is 0 Å². The van der Waals surface area contributed by atoms with Gasteiger partial charge < -0.3 is 20.7 Å². The molecule has 1 atom stereocenters. The van der Waals surface area contributed by atoms with Gasteiger partial charge in [0, 0.05) is 25.7 Å². The monoisotopic (exact) mass is 504 g/mol. The van der Waals surface area contributed by atoms with Crippen molar-refractivity contribution in [3.8, 4) is 5.75 Å². The predicted molar refractivity (Wildman–Crippen MR) is 128 cm³/mol. The van der Waals surface area contributed by atoms with Gasteiger partial charge in [-0.05, 0) is 52.7 Å². The van der Waals surface area contributed by atoms with E-state index in [1.165, 1.54) is 5.56 Å². The quantitative estimate of drug-likeness (QED) is 0.273. The van der Waals surface area contributed by atoms with E-state index in [0.29, 0.717) is 19.0 Å². The first-order chi connectivity index (χ1) is 12.7. The summed E-state index contributed by atoms with van der Waals surface area (Å²) in [5.74, 6) is 1.56. The van der Waals surface area contributed by atoms with Crippen molar-refractivity contribution in [1.29, 1.82) is 0 Å². The zero-order chi connectivity index (χ0) is 20.4. The van der Waals surface area contributed by atoms with Crippen molar-refractivity contribution in [2.75, 3.05) is 20.1 Å². The summed E-state index contributed by atoms with van der Waals surface area (Å²) in [5, 5.41) is 9.20. The third-order valence-electron chi connectivity index (χ3n) is 4.42. The minimum atomic E-state index is -0.528. The predicted octanol–water partition coefficient (Wildman–Crippen LogP) is 3.62. The highest BCUT2D eigenvalue weighted by molar-refractivity contribution is 14.0. The summed E-state index contributed by atoms with van der Waals surface area (Å²) >= 11 is 0. The number of hydrogen-bond donors (Lipinski definition) is 3. The molecule has 6 nitrogen and oxygen atoms in total. The van der Waals surface area contributed by atoms with Crippen LogP contribution in [0.4, 0.5) is 0 Å². The summed E-state index contributed by atoms with van der Waals surface area (Å²) < 4.78 is 6.06. The van der Waals surface area contributed by atoms with Crippen LogP contribution in [0.2, 0.25) is 0 Å². The van der Waals surface area contributed by atoms with Crippen LogP contribution in [0.3, 0.4) is 0 Å². The number of carbonyl (C=O) groups is 1. The van der Waals surface area contributed by atoms with Crippen LogP contribution >= 0.6 is 24.0 Å². The molecule has 7 heteroatoms. The minimum Gasteiger partial charge on any atom is -0.490 e. The van der Waals surface area contributed by atoms with E-state index in [1.807, 2.05) is 20.8 Å². The van der Waals surface area contributed by atoms with Crippen molar-refractivity contribution < 1.29 is 9.53 Å². The molecule has 0 aliphatic heterocycles. The Kier molecular flexibility index (Phi) is 12.2. The first-order valence-electron chi connectivity index (χ1n) is 9.74. The first-order valence-corrected chi connectivity index (χ1v) is 9.74. The normalized spacial score (nSPS) is 12.6. The van der Waals surface area contributed by atoms with Crippen LogP contribution < -0.4 is 20.7 Å². The third-order valence-corrected chi connectivity index (χ3v) is 4.42. The van der Waals surface area contributed by atoms with Crippen LogP contribution in [-0.4, -0.2) is 38.1 Å². The van der Waals surface area contributed by atoms with Crippen molar-refractivity contribution in [2.45, 2.75) is 60.6 Å². The van der Waals surface area contributed by atoms with Gasteiger partial charge in [-0.3, -0.25) is 4.79 Å². The topological polar surface area (TPSA) is 74.8 Å². The second kappa shape index (κ2) is 12.9. The van der Waals surface area contributed by atoms with Gasteiger partial charge in [0.15, 0.2) is 5.96 Å². The molecule has 0 spiro atoms. The number of carbonyl (C=O) groups excluding carboxylic acids is 1. The number of halogens is 1. The van der Waals surface area contributed by atoms with Crippen molar-refractivity contribution in [3.63, 3.8) is 0 Å². The van der Waals surface area contributed by atoms with E-state index in [9.17, 15) is 4.79 Å². The molecular formula is C21H37IN4O2. The fraction of sp³-hybridized carbons (Fsp3) is 0.619. The highest BCUT2D eigenvalue weighted by Crippen LogP contribution is 2.23. The van der Waals surface area contributed by atoms with Crippen LogP contribution in [0.5, 0.6) is 5.75 Å². The maximum atomic E-state index is 12.0. The van der Waals surface area contributed by atoms with Crippen LogP contribution in [0.1, 0.15) is 52.2 Å². The van der Waals surface area contributed by atoms with Gasteiger partial charge in [-0.1, -0.05) is 19.1 Å². The van der Waals surface area contributed by atoms with Crippen molar-refractivity contribution in [3.05, 3.63) is 29.3 Å². The lowest BCUT2D eigenvalue weighted by molar-refractivity contribution is -0.128. The SMILES string of the molecule is CCNC(=NCc1ccc(C)cc1OC(C)CC)NCC(C)(C)C(=O)NC.I. The second-order valence-corrected chi connectivity index (χ2v) is 7.46. The van der Waals surface area contributed by atoms with Gasteiger partial charge in [-0.2, -0.15) is 0 Å². The lowest BCUT2D eigenvalue weighted by Crippen LogP contribution is -2.47. The third kappa shape index (κ3) is 8.67. The second-order valence-electron chi connectivity index (χ2n) is 7.46. The first kappa shape index (κ1) is 26.5. The number of benzene rings is 1. The number of amides is 1. The maximum Gasteiger partial charge on any atom is 0.227 e. The molecular weight excluding hydrogens is 467 g/mol. The molecule has 0 radical (unpaired) electrons.